The Morgan fingerprint density at radius 1 is 1.29 bits per heavy atom. The lowest BCUT2D eigenvalue weighted by Gasteiger charge is -2.16. The van der Waals surface area contributed by atoms with Gasteiger partial charge in [0.2, 0.25) is 11.8 Å². The average Bonchev–Trinajstić information content (AvgIpc) is 3.20. The highest BCUT2D eigenvalue weighted by Crippen LogP contribution is 2.26. The van der Waals surface area contributed by atoms with Gasteiger partial charge in [-0.1, -0.05) is 12.2 Å². The fourth-order valence-corrected chi connectivity index (χ4v) is 3.42. The van der Waals surface area contributed by atoms with E-state index in [1.54, 1.807) is 6.20 Å². The van der Waals surface area contributed by atoms with E-state index in [4.69, 9.17) is 21.7 Å². The molecule has 3 rings (SSSR count). The molecule has 0 amide bonds. The number of thiazole rings is 1. The van der Waals surface area contributed by atoms with Gasteiger partial charge in [-0.2, -0.15) is 4.98 Å². The quantitative estimate of drug-likeness (QED) is 0.766. The number of hydrogen-bond acceptors (Lipinski definition) is 6. The number of anilines is 1. The summed E-state index contributed by atoms with van der Waals surface area (Å²) in [5.74, 6) is 1.09. The molecule has 1 aliphatic rings. The van der Waals surface area contributed by atoms with Crippen molar-refractivity contribution in [1.82, 2.24) is 9.97 Å². The summed E-state index contributed by atoms with van der Waals surface area (Å²) in [7, 11) is 0. The van der Waals surface area contributed by atoms with Gasteiger partial charge in [0.25, 0.3) is 0 Å². The van der Waals surface area contributed by atoms with Gasteiger partial charge in [0.1, 0.15) is 11.1 Å². The Kier molecular flexibility index (Phi) is 5.63. The molecule has 0 radical (unpaired) electrons. The van der Waals surface area contributed by atoms with Gasteiger partial charge in [-0.15, -0.1) is 11.3 Å². The van der Waals surface area contributed by atoms with Crippen molar-refractivity contribution in [3.63, 3.8) is 0 Å². The Labute approximate surface area is 151 Å². The highest BCUT2D eigenvalue weighted by Gasteiger charge is 2.19. The highest BCUT2D eigenvalue weighted by molar-refractivity contribution is 7.81. The second kappa shape index (κ2) is 7.90. The molecule has 5 nitrogen and oxygen atoms in total. The number of ether oxygens (including phenoxy) is 2. The lowest BCUT2D eigenvalue weighted by Crippen LogP contribution is -2.16. The van der Waals surface area contributed by atoms with Gasteiger partial charge in [0.15, 0.2) is 5.13 Å². The normalized spacial score (nSPS) is 14.8. The first-order chi connectivity index (χ1) is 11.6. The molecule has 0 atom stereocenters. The maximum absolute atomic E-state index is 6.03. The van der Waals surface area contributed by atoms with Crippen molar-refractivity contribution in [3.8, 4) is 11.8 Å². The number of hydrogen-bond donors (Lipinski definition) is 1. The molecule has 1 fully saturated rings. The molecule has 2 aromatic rings. The van der Waals surface area contributed by atoms with Crippen LogP contribution in [0.1, 0.15) is 45.1 Å². The van der Waals surface area contributed by atoms with E-state index < -0.39 is 0 Å². The first-order valence-corrected chi connectivity index (χ1v) is 9.45. The van der Waals surface area contributed by atoms with Gasteiger partial charge in [0.05, 0.1) is 6.10 Å². The third-order valence-corrected chi connectivity index (χ3v) is 4.67. The van der Waals surface area contributed by atoms with Crippen molar-refractivity contribution < 1.29 is 9.47 Å². The minimum absolute atomic E-state index is 0.0348. The van der Waals surface area contributed by atoms with Gasteiger partial charge in [-0.3, -0.25) is 0 Å². The maximum Gasteiger partial charge on any atom is 0.217 e. The van der Waals surface area contributed by atoms with E-state index in [0.717, 1.165) is 23.5 Å². The Morgan fingerprint density at radius 3 is 2.71 bits per heavy atom. The minimum atomic E-state index is 0.0348. The smallest absolute Gasteiger partial charge is 0.217 e. The van der Waals surface area contributed by atoms with Gasteiger partial charge < -0.3 is 14.8 Å². The average molecular weight is 364 g/mol. The van der Waals surface area contributed by atoms with Crippen LogP contribution >= 0.6 is 23.6 Å². The number of pyridine rings is 1. The summed E-state index contributed by atoms with van der Waals surface area (Å²) in [6.07, 6.45) is 6.59. The summed E-state index contributed by atoms with van der Waals surface area (Å²) < 4.78 is 11.8. The van der Waals surface area contributed by atoms with E-state index in [1.807, 2.05) is 31.4 Å². The van der Waals surface area contributed by atoms with E-state index in [9.17, 15) is 0 Å². The highest BCUT2D eigenvalue weighted by atomic mass is 32.1. The molecular weight excluding hydrogens is 342 g/mol. The Balaban J connectivity index is 1.81. The molecule has 7 heteroatoms. The maximum atomic E-state index is 6.03. The van der Waals surface area contributed by atoms with E-state index >= 15 is 0 Å². The second-order valence-corrected chi connectivity index (χ2v) is 7.32. The molecule has 24 heavy (non-hydrogen) atoms. The summed E-state index contributed by atoms with van der Waals surface area (Å²) in [5, 5.41) is 5.81. The van der Waals surface area contributed by atoms with Crippen LogP contribution in [0.3, 0.4) is 0 Å². The van der Waals surface area contributed by atoms with E-state index in [0.29, 0.717) is 16.7 Å². The van der Waals surface area contributed by atoms with Gasteiger partial charge in [0, 0.05) is 29.3 Å². The molecule has 128 valence electrons. The molecule has 0 saturated heterocycles. The Bertz CT molecular complexity index is 683. The topological polar surface area (TPSA) is 56.3 Å². The molecular formula is C17H21N3O2S2. The molecule has 0 unspecified atom stereocenters. The fourth-order valence-electron chi connectivity index (χ4n) is 2.61. The van der Waals surface area contributed by atoms with Crippen molar-refractivity contribution in [1.29, 1.82) is 0 Å². The number of nitrogens with one attached hydrogen (secondary N) is 1. The summed E-state index contributed by atoms with van der Waals surface area (Å²) >= 11 is 7.00. The van der Waals surface area contributed by atoms with Crippen LogP contribution in [-0.4, -0.2) is 27.2 Å². The van der Waals surface area contributed by atoms with Crippen molar-refractivity contribution in [2.45, 2.75) is 51.7 Å². The number of rotatable bonds is 6. The fraction of sp³-hybridized carbons (Fsp3) is 0.471. The molecule has 1 N–H and O–H groups in total. The van der Waals surface area contributed by atoms with Crippen molar-refractivity contribution >= 4 is 33.7 Å². The zero-order valence-electron chi connectivity index (χ0n) is 13.8. The van der Waals surface area contributed by atoms with Crippen LogP contribution < -0.4 is 14.8 Å². The van der Waals surface area contributed by atoms with Crippen LogP contribution in [0.2, 0.25) is 0 Å². The zero-order chi connectivity index (χ0) is 16.9. The standard InChI is InChI=1S/C17H21N3O2S2/c1-11(2)21-14-9-12(16(23)20-17-18-7-8-24-17)10-15(19-14)22-13-5-3-4-6-13/h7-11,13H,3-6H2,1-2H3,(H,18,20,23). The molecule has 2 aromatic heterocycles. The number of aromatic nitrogens is 2. The number of nitrogens with zero attached hydrogens (tertiary/aromatic N) is 2. The lowest BCUT2D eigenvalue weighted by molar-refractivity contribution is 0.191. The minimum Gasteiger partial charge on any atom is -0.475 e. The van der Waals surface area contributed by atoms with E-state index in [2.05, 4.69) is 15.3 Å². The van der Waals surface area contributed by atoms with Gasteiger partial charge in [-0.25, -0.2) is 4.98 Å². The summed E-state index contributed by atoms with van der Waals surface area (Å²) in [6, 6.07) is 3.71. The molecule has 0 spiro atoms. The van der Waals surface area contributed by atoms with Crippen LogP contribution in [0.4, 0.5) is 5.13 Å². The Morgan fingerprint density at radius 2 is 2.04 bits per heavy atom. The molecule has 2 heterocycles. The predicted octanol–water partition coefficient (Wildman–Crippen LogP) is 4.43. The summed E-state index contributed by atoms with van der Waals surface area (Å²) in [4.78, 5) is 9.25. The van der Waals surface area contributed by atoms with Crippen LogP contribution in [0.5, 0.6) is 11.8 Å². The third kappa shape index (κ3) is 4.64. The van der Waals surface area contributed by atoms with Crippen molar-refractivity contribution in [2.75, 3.05) is 5.32 Å². The van der Waals surface area contributed by atoms with Crippen LogP contribution in [0.25, 0.3) is 0 Å². The van der Waals surface area contributed by atoms with Crippen LogP contribution in [0.15, 0.2) is 23.7 Å². The van der Waals surface area contributed by atoms with Crippen LogP contribution in [-0.2, 0) is 0 Å². The van der Waals surface area contributed by atoms with Crippen molar-refractivity contribution in [3.05, 3.63) is 29.3 Å². The molecule has 0 bridgehead atoms. The second-order valence-electron chi connectivity index (χ2n) is 6.01. The zero-order valence-corrected chi connectivity index (χ0v) is 15.5. The van der Waals surface area contributed by atoms with E-state index in [-0.39, 0.29) is 12.2 Å². The first kappa shape index (κ1) is 17.1. The molecule has 0 aromatic carbocycles. The number of thiocarbonyl (C=S) groups is 1. The molecule has 0 aliphatic heterocycles. The predicted molar refractivity (Wildman–Crippen MR) is 100 cm³/mol. The molecule has 1 saturated carbocycles. The Hall–Kier alpha value is -1.73. The summed E-state index contributed by atoms with van der Waals surface area (Å²) in [6.45, 7) is 3.94. The van der Waals surface area contributed by atoms with E-state index in [1.165, 1.54) is 24.2 Å². The van der Waals surface area contributed by atoms with Gasteiger partial charge in [-0.05, 0) is 39.5 Å². The molecule has 1 aliphatic carbocycles. The van der Waals surface area contributed by atoms with Gasteiger partial charge >= 0.3 is 0 Å². The third-order valence-electron chi connectivity index (χ3n) is 3.64. The monoisotopic (exact) mass is 363 g/mol. The largest absolute Gasteiger partial charge is 0.475 e. The lowest BCUT2D eigenvalue weighted by atomic mass is 10.2. The van der Waals surface area contributed by atoms with Crippen molar-refractivity contribution in [2.24, 2.45) is 0 Å². The SMILES string of the molecule is CC(C)Oc1cc(C(=S)Nc2nccs2)cc(OC2CCCC2)n1. The summed E-state index contributed by atoms with van der Waals surface area (Å²) in [5.41, 5.74) is 0.818. The van der Waals surface area contributed by atoms with Crippen LogP contribution in [0, 0.1) is 0 Å². The first-order valence-electron chi connectivity index (χ1n) is 8.16.